The van der Waals surface area contributed by atoms with Crippen LogP contribution < -0.4 is 10.1 Å². The molecule has 128 valence electrons. The van der Waals surface area contributed by atoms with Gasteiger partial charge in [-0.2, -0.15) is 5.10 Å². The SMILES string of the molecule is COc1ccc(C(=O)N[C@@H](CO)c2ccccc2)cc1-n1cccn1. The van der Waals surface area contributed by atoms with Gasteiger partial charge in [0.05, 0.1) is 19.8 Å². The van der Waals surface area contributed by atoms with Crippen molar-refractivity contribution in [3.05, 3.63) is 78.1 Å². The maximum Gasteiger partial charge on any atom is 0.251 e. The van der Waals surface area contributed by atoms with Crippen LogP contribution in [0, 0.1) is 0 Å². The second-order valence-electron chi connectivity index (χ2n) is 5.46. The molecule has 3 rings (SSSR count). The van der Waals surface area contributed by atoms with Gasteiger partial charge in [0, 0.05) is 18.0 Å². The fraction of sp³-hybridized carbons (Fsp3) is 0.158. The maximum atomic E-state index is 12.6. The molecule has 0 unspecified atom stereocenters. The monoisotopic (exact) mass is 337 g/mol. The number of aliphatic hydroxyl groups excluding tert-OH is 1. The Bertz CT molecular complexity index is 832. The number of methoxy groups -OCH3 is 1. The standard InChI is InChI=1S/C19H19N3O3/c1-25-18-9-8-15(12-17(18)22-11-5-10-20-22)19(24)21-16(13-23)14-6-3-2-4-7-14/h2-12,16,23H,13H2,1H3,(H,21,24)/t16-/m0/s1. The van der Waals surface area contributed by atoms with Crippen molar-refractivity contribution in [2.45, 2.75) is 6.04 Å². The summed E-state index contributed by atoms with van der Waals surface area (Å²) in [4.78, 5) is 12.6. The van der Waals surface area contributed by atoms with E-state index in [1.165, 1.54) is 0 Å². The van der Waals surface area contributed by atoms with Gasteiger partial charge in [-0.3, -0.25) is 4.79 Å². The van der Waals surface area contributed by atoms with Gasteiger partial charge in [0.2, 0.25) is 0 Å². The number of ether oxygens (including phenoxy) is 1. The zero-order valence-corrected chi connectivity index (χ0v) is 13.8. The molecule has 1 heterocycles. The Hall–Kier alpha value is -3.12. The first-order valence-corrected chi connectivity index (χ1v) is 7.87. The van der Waals surface area contributed by atoms with Crippen LogP contribution in [0.2, 0.25) is 0 Å². The lowest BCUT2D eigenvalue weighted by atomic mass is 10.1. The molecule has 2 N–H and O–H groups in total. The van der Waals surface area contributed by atoms with E-state index in [9.17, 15) is 9.90 Å². The zero-order valence-electron chi connectivity index (χ0n) is 13.8. The number of benzene rings is 2. The molecule has 6 heteroatoms. The summed E-state index contributed by atoms with van der Waals surface area (Å²) < 4.78 is 6.98. The molecule has 0 saturated carbocycles. The molecule has 0 aliphatic carbocycles. The molecule has 0 spiro atoms. The number of nitrogens with zero attached hydrogens (tertiary/aromatic N) is 2. The minimum atomic E-state index is -0.469. The van der Waals surface area contributed by atoms with Crippen LogP contribution >= 0.6 is 0 Å². The average molecular weight is 337 g/mol. The number of carbonyl (C=O) groups excluding carboxylic acids is 1. The van der Waals surface area contributed by atoms with Crippen molar-refractivity contribution in [2.24, 2.45) is 0 Å². The van der Waals surface area contributed by atoms with Crippen LogP contribution in [0.1, 0.15) is 22.0 Å². The third-order valence-electron chi connectivity index (χ3n) is 3.88. The topological polar surface area (TPSA) is 76.4 Å². The number of amides is 1. The van der Waals surface area contributed by atoms with Crippen molar-refractivity contribution in [2.75, 3.05) is 13.7 Å². The van der Waals surface area contributed by atoms with Gasteiger partial charge in [-0.05, 0) is 29.8 Å². The Morgan fingerprint density at radius 3 is 2.68 bits per heavy atom. The summed E-state index contributed by atoms with van der Waals surface area (Å²) in [5.74, 6) is 0.334. The van der Waals surface area contributed by atoms with Crippen LogP contribution in [0.5, 0.6) is 5.75 Å². The number of hydrogen-bond donors (Lipinski definition) is 2. The molecule has 0 radical (unpaired) electrons. The van der Waals surface area contributed by atoms with Crippen molar-refractivity contribution < 1.29 is 14.6 Å². The number of hydrogen-bond acceptors (Lipinski definition) is 4. The van der Waals surface area contributed by atoms with E-state index >= 15 is 0 Å². The molecule has 3 aromatic rings. The molecule has 0 fully saturated rings. The van der Waals surface area contributed by atoms with Gasteiger partial charge in [0.25, 0.3) is 5.91 Å². The van der Waals surface area contributed by atoms with E-state index in [0.29, 0.717) is 17.0 Å². The van der Waals surface area contributed by atoms with E-state index in [1.807, 2.05) is 30.3 Å². The summed E-state index contributed by atoms with van der Waals surface area (Å²) in [5.41, 5.74) is 1.97. The van der Waals surface area contributed by atoms with Crippen molar-refractivity contribution in [1.82, 2.24) is 15.1 Å². The highest BCUT2D eigenvalue weighted by atomic mass is 16.5. The Morgan fingerprint density at radius 1 is 1.24 bits per heavy atom. The molecule has 6 nitrogen and oxygen atoms in total. The van der Waals surface area contributed by atoms with Crippen LogP contribution in [0.15, 0.2) is 67.0 Å². The second kappa shape index (κ2) is 7.63. The predicted molar refractivity (Wildman–Crippen MR) is 93.9 cm³/mol. The van der Waals surface area contributed by atoms with E-state index in [0.717, 1.165) is 5.56 Å². The first-order chi connectivity index (χ1) is 12.2. The van der Waals surface area contributed by atoms with Crippen LogP contribution in [-0.2, 0) is 0 Å². The Kier molecular flexibility index (Phi) is 5.11. The van der Waals surface area contributed by atoms with Crippen LogP contribution in [0.4, 0.5) is 0 Å². The second-order valence-corrected chi connectivity index (χ2v) is 5.46. The summed E-state index contributed by atoms with van der Waals surface area (Å²) in [5, 5.41) is 16.6. The molecule has 1 atom stereocenters. The first-order valence-electron chi connectivity index (χ1n) is 7.87. The molecule has 1 amide bonds. The van der Waals surface area contributed by atoms with Crippen molar-refractivity contribution in [3.63, 3.8) is 0 Å². The van der Waals surface area contributed by atoms with E-state index in [1.54, 1.807) is 48.5 Å². The number of rotatable bonds is 6. The van der Waals surface area contributed by atoms with Gasteiger partial charge in [-0.25, -0.2) is 4.68 Å². The summed E-state index contributed by atoms with van der Waals surface area (Å²) >= 11 is 0. The number of nitrogens with one attached hydrogen (secondary N) is 1. The highest BCUT2D eigenvalue weighted by molar-refractivity contribution is 5.95. The zero-order chi connectivity index (χ0) is 17.6. The fourth-order valence-electron chi connectivity index (χ4n) is 2.58. The summed E-state index contributed by atoms with van der Waals surface area (Å²) in [6.45, 7) is -0.183. The Labute approximate surface area is 145 Å². The van der Waals surface area contributed by atoms with E-state index in [-0.39, 0.29) is 12.5 Å². The highest BCUT2D eigenvalue weighted by Gasteiger charge is 2.17. The molecule has 25 heavy (non-hydrogen) atoms. The highest BCUT2D eigenvalue weighted by Crippen LogP contribution is 2.24. The quantitative estimate of drug-likeness (QED) is 0.724. The smallest absolute Gasteiger partial charge is 0.251 e. The number of aliphatic hydroxyl groups is 1. The van der Waals surface area contributed by atoms with E-state index < -0.39 is 6.04 Å². The van der Waals surface area contributed by atoms with Crippen molar-refractivity contribution in [3.8, 4) is 11.4 Å². The number of aromatic nitrogens is 2. The van der Waals surface area contributed by atoms with Gasteiger partial charge in [0.1, 0.15) is 11.4 Å². The first kappa shape index (κ1) is 16.7. The Morgan fingerprint density at radius 2 is 2.04 bits per heavy atom. The van der Waals surface area contributed by atoms with Crippen LogP contribution in [0.25, 0.3) is 5.69 Å². The van der Waals surface area contributed by atoms with Crippen LogP contribution in [0.3, 0.4) is 0 Å². The molecule has 0 aliphatic heterocycles. The summed E-state index contributed by atoms with van der Waals surface area (Å²) in [7, 11) is 1.57. The van der Waals surface area contributed by atoms with E-state index in [4.69, 9.17) is 4.74 Å². The van der Waals surface area contributed by atoms with Gasteiger partial charge in [-0.1, -0.05) is 30.3 Å². The van der Waals surface area contributed by atoms with Crippen LogP contribution in [-0.4, -0.2) is 34.5 Å². The molecule has 1 aromatic heterocycles. The largest absolute Gasteiger partial charge is 0.494 e. The molecular formula is C19H19N3O3. The van der Waals surface area contributed by atoms with Gasteiger partial charge in [-0.15, -0.1) is 0 Å². The predicted octanol–water partition coefficient (Wildman–Crippen LogP) is 2.34. The lowest BCUT2D eigenvalue weighted by Gasteiger charge is -2.17. The minimum absolute atomic E-state index is 0.183. The van der Waals surface area contributed by atoms with Crippen molar-refractivity contribution >= 4 is 5.91 Å². The van der Waals surface area contributed by atoms with Gasteiger partial charge >= 0.3 is 0 Å². The van der Waals surface area contributed by atoms with Gasteiger partial charge < -0.3 is 15.2 Å². The normalized spacial score (nSPS) is 11.8. The lowest BCUT2D eigenvalue weighted by Crippen LogP contribution is -2.30. The summed E-state index contributed by atoms with van der Waals surface area (Å²) in [6.07, 6.45) is 3.43. The molecule has 2 aromatic carbocycles. The molecule has 0 saturated heterocycles. The third kappa shape index (κ3) is 3.70. The number of carbonyl (C=O) groups is 1. The lowest BCUT2D eigenvalue weighted by molar-refractivity contribution is 0.0916. The molecule has 0 bridgehead atoms. The van der Waals surface area contributed by atoms with Crippen molar-refractivity contribution in [1.29, 1.82) is 0 Å². The maximum absolute atomic E-state index is 12.6. The minimum Gasteiger partial charge on any atom is -0.494 e. The average Bonchev–Trinajstić information content (AvgIpc) is 3.20. The molecule has 0 aliphatic rings. The molecular weight excluding hydrogens is 318 g/mol. The summed E-state index contributed by atoms with van der Waals surface area (Å²) in [6, 6.07) is 15.8. The van der Waals surface area contributed by atoms with E-state index in [2.05, 4.69) is 10.4 Å². The Balaban J connectivity index is 1.86. The fourth-order valence-corrected chi connectivity index (χ4v) is 2.58. The van der Waals surface area contributed by atoms with Gasteiger partial charge in [0.15, 0.2) is 0 Å². The third-order valence-corrected chi connectivity index (χ3v) is 3.88.